The molecule has 0 unspecified atom stereocenters. The van der Waals surface area contributed by atoms with Crippen LogP contribution in [-0.2, 0) is 4.74 Å². The molecule has 7 heteroatoms. The van der Waals surface area contributed by atoms with Gasteiger partial charge in [-0.3, -0.25) is 4.72 Å². The topological polar surface area (TPSA) is 73.2 Å². The number of rotatable bonds is 1. The van der Waals surface area contributed by atoms with Crippen LogP contribution in [0.5, 0.6) is 0 Å². The van der Waals surface area contributed by atoms with Gasteiger partial charge in [0.25, 0.3) is 0 Å². The van der Waals surface area contributed by atoms with Gasteiger partial charge in [-0.05, 0) is 6.07 Å². The largest absolute Gasteiger partial charge is 0.464 e. The number of nitrogens with one attached hydrogen (secondary N) is 1. The standard InChI is InChI=1S/C10H9N3O3S/c1-16-9(14)8-6-4-2-3-5-7(6)13(11-8)10(15)12-17/h2-5,17H,1H3,(H,12,15). The number of aromatic nitrogens is 2. The predicted octanol–water partition coefficient (Wildman–Crippen LogP) is 1.23. The van der Waals surface area contributed by atoms with Gasteiger partial charge in [-0.25, -0.2) is 9.59 Å². The maximum Gasteiger partial charge on any atom is 0.359 e. The summed E-state index contributed by atoms with van der Waals surface area (Å²) in [7, 11) is 1.26. The van der Waals surface area contributed by atoms with Gasteiger partial charge in [0.15, 0.2) is 5.69 Å². The Labute approximate surface area is 102 Å². The Kier molecular flexibility index (Phi) is 3.01. The van der Waals surface area contributed by atoms with Gasteiger partial charge in [-0.15, -0.1) is 0 Å². The van der Waals surface area contributed by atoms with E-state index in [1.165, 1.54) is 7.11 Å². The Morgan fingerprint density at radius 3 is 2.76 bits per heavy atom. The number of para-hydroxylation sites is 1. The fourth-order valence-corrected chi connectivity index (χ4v) is 1.61. The lowest BCUT2D eigenvalue weighted by molar-refractivity contribution is 0.0595. The highest BCUT2D eigenvalue weighted by atomic mass is 32.1. The van der Waals surface area contributed by atoms with Gasteiger partial charge in [0, 0.05) is 5.39 Å². The van der Waals surface area contributed by atoms with E-state index in [2.05, 4.69) is 27.4 Å². The lowest BCUT2D eigenvalue weighted by atomic mass is 10.2. The lowest BCUT2D eigenvalue weighted by Gasteiger charge is -1.98. The third-order valence-electron chi connectivity index (χ3n) is 2.25. The number of carbonyl (C=O) groups excluding carboxylic acids is 2. The number of carbonyl (C=O) groups is 2. The van der Waals surface area contributed by atoms with Crippen LogP contribution in [0.3, 0.4) is 0 Å². The van der Waals surface area contributed by atoms with E-state index >= 15 is 0 Å². The molecule has 0 atom stereocenters. The van der Waals surface area contributed by atoms with Crippen LogP contribution in [0.15, 0.2) is 24.3 Å². The second-order valence-corrected chi connectivity index (χ2v) is 3.41. The Morgan fingerprint density at radius 2 is 2.12 bits per heavy atom. The van der Waals surface area contributed by atoms with E-state index in [1.54, 1.807) is 24.3 Å². The molecule has 17 heavy (non-hydrogen) atoms. The first-order chi connectivity index (χ1) is 8.19. The van der Waals surface area contributed by atoms with Crippen molar-refractivity contribution in [2.75, 3.05) is 7.11 Å². The average Bonchev–Trinajstić information content (AvgIpc) is 2.76. The highest BCUT2D eigenvalue weighted by Gasteiger charge is 2.19. The number of thiol groups is 1. The zero-order chi connectivity index (χ0) is 12.4. The maximum atomic E-state index is 11.5. The van der Waals surface area contributed by atoms with Crippen molar-refractivity contribution in [2.24, 2.45) is 0 Å². The normalized spacial score (nSPS) is 10.2. The summed E-state index contributed by atoms with van der Waals surface area (Å²) in [6.07, 6.45) is 0. The van der Waals surface area contributed by atoms with Gasteiger partial charge in [0.2, 0.25) is 0 Å². The molecule has 88 valence electrons. The number of ether oxygens (including phenoxy) is 1. The van der Waals surface area contributed by atoms with Crippen molar-refractivity contribution >= 4 is 35.7 Å². The molecule has 0 saturated heterocycles. The number of hydrogen-bond acceptors (Lipinski definition) is 5. The zero-order valence-electron chi connectivity index (χ0n) is 8.88. The van der Waals surface area contributed by atoms with Crippen molar-refractivity contribution < 1.29 is 14.3 Å². The molecule has 2 aromatic rings. The summed E-state index contributed by atoms with van der Waals surface area (Å²) in [5.74, 6) is -0.591. The summed E-state index contributed by atoms with van der Waals surface area (Å²) in [5.41, 5.74) is 0.611. The van der Waals surface area contributed by atoms with E-state index in [1.807, 2.05) is 0 Å². The minimum absolute atomic E-state index is 0.0973. The Morgan fingerprint density at radius 1 is 1.41 bits per heavy atom. The quantitative estimate of drug-likeness (QED) is 0.590. The Hall–Kier alpha value is -2.02. The van der Waals surface area contributed by atoms with Gasteiger partial charge in [0.05, 0.1) is 12.6 Å². The van der Waals surface area contributed by atoms with E-state index in [4.69, 9.17) is 0 Å². The molecule has 0 fully saturated rings. The first-order valence-electron chi connectivity index (χ1n) is 4.69. The van der Waals surface area contributed by atoms with Crippen LogP contribution in [0.1, 0.15) is 10.5 Å². The van der Waals surface area contributed by atoms with Crippen molar-refractivity contribution in [2.45, 2.75) is 0 Å². The molecule has 0 aliphatic heterocycles. The van der Waals surface area contributed by atoms with Crippen LogP contribution in [0.4, 0.5) is 4.79 Å². The number of methoxy groups -OCH3 is 1. The molecule has 0 aliphatic carbocycles. The average molecular weight is 251 g/mol. The highest BCUT2D eigenvalue weighted by Crippen LogP contribution is 2.18. The van der Waals surface area contributed by atoms with Crippen LogP contribution in [0, 0.1) is 0 Å². The fourth-order valence-electron chi connectivity index (χ4n) is 1.52. The highest BCUT2D eigenvalue weighted by molar-refractivity contribution is 7.78. The van der Waals surface area contributed by atoms with E-state index < -0.39 is 12.0 Å². The summed E-state index contributed by atoms with van der Waals surface area (Å²) < 4.78 is 7.82. The number of hydrogen-bond donors (Lipinski definition) is 2. The Bertz CT molecular complexity index is 543. The maximum absolute atomic E-state index is 11.5. The summed E-state index contributed by atoms with van der Waals surface area (Å²) in [6.45, 7) is 0. The monoisotopic (exact) mass is 251 g/mol. The first-order valence-corrected chi connectivity index (χ1v) is 5.14. The van der Waals surface area contributed by atoms with Crippen LogP contribution in [0.25, 0.3) is 10.9 Å². The van der Waals surface area contributed by atoms with Gasteiger partial charge >= 0.3 is 12.0 Å². The van der Waals surface area contributed by atoms with Crippen molar-refractivity contribution in [3.05, 3.63) is 30.0 Å². The smallest absolute Gasteiger partial charge is 0.359 e. The second kappa shape index (κ2) is 4.46. The molecule has 1 aromatic carbocycles. The number of amides is 1. The molecule has 1 amide bonds. The predicted molar refractivity (Wildman–Crippen MR) is 64.0 cm³/mol. The van der Waals surface area contributed by atoms with Gasteiger partial charge in [-0.1, -0.05) is 31.0 Å². The molecular weight excluding hydrogens is 242 g/mol. The van der Waals surface area contributed by atoms with E-state index in [9.17, 15) is 9.59 Å². The van der Waals surface area contributed by atoms with E-state index in [-0.39, 0.29) is 5.69 Å². The molecule has 0 spiro atoms. The van der Waals surface area contributed by atoms with Gasteiger partial charge in [0.1, 0.15) is 0 Å². The van der Waals surface area contributed by atoms with E-state index in [0.29, 0.717) is 10.9 Å². The van der Waals surface area contributed by atoms with Gasteiger partial charge in [-0.2, -0.15) is 9.78 Å². The first kappa shape index (κ1) is 11.5. The zero-order valence-corrected chi connectivity index (χ0v) is 9.77. The molecule has 1 N–H and O–H groups in total. The van der Waals surface area contributed by atoms with Crippen molar-refractivity contribution in [3.63, 3.8) is 0 Å². The van der Waals surface area contributed by atoms with E-state index in [0.717, 1.165) is 4.68 Å². The van der Waals surface area contributed by atoms with Crippen LogP contribution in [-0.4, -0.2) is 28.9 Å². The summed E-state index contributed by atoms with van der Waals surface area (Å²) in [6, 6.07) is 6.32. The van der Waals surface area contributed by atoms with Crippen LogP contribution in [0.2, 0.25) is 0 Å². The molecule has 0 bridgehead atoms. The molecular formula is C10H9N3O3S. The molecule has 0 saturated carbocycles. The number of fused-ring (bicyclic) bond motifs is 1. The number of benzene rings is 1. The van der Waals surface area contributed by atoms with Crippen molar-refractivity contribution in [3.8, 4) is 0 Å². The second-order valence-electron chi connectivity index (χ2n) is 3.19. The van der Waals surface area contributed by atoms with Crippen LogP contribution < -0.4 is 4.72 Å². The summed E-state index contributed by atoms with van der Waals surface area (Å²) in [5, 5.41) is 4.46. The van der Waals surface area contributed by atoms with Crippen LogP contribution >= 0.6 is 12.8 Å². The number of esters is 1. The number of nitrogens with zero attached hydrogens (tertiary/aromatic N) is 2. The Balaban J connectivity index is 2.71. The molecule has 1 aromatic heterocycles. The minimum Gasteiger partial charge on any atom is -0.464 e. The summed E-state index contributed by atoms with van der Waals surface area (Å²) >= 11 is 3.66. The van der Waals surface area contributed by atoms with Gasteiger partial charge < -0.3 is 4.74 Å². The van der Waals surface area contributed by atoms with Crippen molar-refractivity contribution in [1.29, 1.82) is 0 Å². The third kappa shape index (κ3) is 1.84. The molecule has 6 nitrogen and oxygen atoms in total. The molecule has 0 aliphatic rings. The molecule has 0 radical (unpaired) electrons. The third-order valence-corrected chi connectivity index (χ3v) is 2.45. The van der Waals surface area contributed by atoms with Crippen molar-refractivity contribution in [1.82, 2.24) is 14.5 Å². The fraction of sp³-hybridized carbons (Fsp3) is 0.100. The lowest BCUT2D eigenvalue weighted by Crippen LogP contribution is -2.22. The minimum atomic E-state index is -0.591. The molecule has 2 rings (SSSR count). The molecule has 1 heterocycles. The summed E-state index contributed by atoms with van der Waals surface area (Å²) in [4.78, 5) is 23.0. The SMILES string of the molecule is COC(=O)c1nn(C(=O)NS)c2ccccc12.